The fourth-order valence-electron chi connectivity index (χ4n) is 13.1. The molecule has 612 valence electrons. The Morgan fingerprint density at radius 3 is 0.689 bits per heavy atom. The van der Waals surface area contributed by atoms with Gasteiger partial charge in [-0.2, -0.15) is 0 Å². The highest BCUT2D eigenvalue weighted by Crippen LogP contribution is 2.45. The summed E-state index contributed by atoms with van der Waals surface area (Å²) in [6.07, 6.45) is 69.6. The van der Waals surface area contributed by atoms with Crippen molar-refractivity contribution in [2.45, 2.75) is 470 Å². The van der Waals surface area contributed by atoms with Gasteiger partial charge in [0.05, 0.1) is 26.4 Å². The van der Waals surface area contributed by atoms with Gasteiger partial charge in [0.1, 0.15) is 19.3 Å². The highest BCUT2D eigenvalue weighted by atomic mass is 31.2. The summed E-state index contributed by atoms with van der Waals surface area (Å²) in [5.41, 5.74) is 0. The van der Waals surface area contributed by atoms with Crippen molar-refractivity contribution in [3.8, 4) is 0 Å². The number of rotatable bonds is 84. The van der Waals surface area contributed by atoms with Crippen molar-refractivity contribution < 1.29 is 80.2 Å². The Bertz CT molecular complexity index is 1960. The third-order valence-corrected chi connectivity index (χ3v) is 22.0. The van der Waals surface area contributed by atoms with E-state index in [-0.39, 0.29) is 25.7 Å². The molecule has 0 spiro atoms. The number of aliphatic hydroxyl groups excluding tert-OH is 1. The first-order valence-electron chi connectivity index (χ1n) is 43.7. The molecule has 0 saturated carbocycles. The highest BCUT2D eigenvalue weighted by molar-refractivity contribution is 7.47. The number of phosphoric ester groups is 2. The highest BCUT2D eigenvalue weighted by Gasteiger charge is 2.30. The van der Waals surface area contributed by atoms with Gasteiger partial charge in [0.2, 0.25) is 0 Å². The van der Waals surface area contributed by atoms with E-state index in [4.69, 9.17) is 37.0 Å². The predicted molar refractivity (Wildman–Crippen MR) is 423 cm³/mol. The smallest absolute Gasteiger partial charge is 0.462 e. The number of esters is 4. The van der Waals surface area contributed by atoms with Crippen molar-refractivity contribution >= 4 is 39.5 Å². The standard InChI is InChI=1S/C84H164O17P2/c1-6-10-13-16-19-22-24-26-28-30-32-34-35-37-39-41-43-45-48-54-59-64-69-83(88)100-79(74-95-82(87)68-63-58-53-47-44-42-40-38-36-33-31-29-27-25-23-20-17-14-11-7-2)75-98-102(90,91)96-71-78(85)72-97-103(92,93)99-76-80(73-94-81(86)67-62-57-52-46-21-18-15-12-8-3)101-84(89)70-65-60-55-50-49-51-56-61-66-77(5)9-4/h77-80,85H,6-76H2,1-5H3,(H,90,91)(H,92,93)/t77?,78-,79-,80-/m1/s1. The van der Waals surface area contributed by atoms with E-state index in [1.807, 2.05) is 0 Å². The fraction of sp³-hybridized carbons (Fsp3) is 0.952. The van der Waals surface area contributed by atoms with Gasteiger partial charge in [0, 0.05) is 25.7 Å². The lowest BCUT2D eigenvalue weighted by Gasteiger charge is -2.21. The molecule has 0 heterocycles. The van der Waals surface area contributed by atoms with E-state index in [1.54, 1.807) is 0 Å². The summed E-state index contributed by atoms with van der Waals surface area (Å²) in [6, 6.07) is 0. The maximum Gasteiger partial charge on any atom is 0.472 e. The summed E-state index contributed by atoms with van der Waals surface area (Å²) in [6.45, 7) is 7.32. The third kappa shape index (κ3) is 76.6. The van der Waals surface area contributed by atoms with E-state index in [0.717, 1.165) is 95.8 Å². The molecule has 103 heavy (non-hydrogen) atoms. The Morgan fingerprint density at radius 2 is 0.466 bits per heavy atom. The van der Waals surface area contributed by atoms with Gasteiger partial charge in [-0.25, -0.2) is 9.13 Å². The van der Waals surface area contributed by atoms with Crippen LogP contribution in [-0.4, -0.2) is 96.7 Å². The van der Waals surface area contributed by atoms with Crippen LogP contribution in [0.5, 0.6) is 0 Å². The molecular weight excluding hydrogens is 1340 g/mol. The number of carbonyl (C=O) groups excluding carboxylic acids is 4. The molecule has 6 atom stereocenters. The van der Waals surface area contributed by atoms with Crippen molar-refractivity contribution in [2.24, 2.45) is 5.92 Å². The molecule has 17 nitrogen and oxygen atoms in total. The Morgan fingerprint density at radius 1 is 0.272 bits per heavy atom. The van der Waals surface area contributed by atoms with Gasteiger partial charge < -0.3 is 33.8 Å². The molecule has 3 unspecified atom stereocenters. The Balaban J connectivity index is 5.18. The van der Waals surface area contributed by atoms with Crippen molar-refractivity contribution in [1.82, 2.24) is 0 Å². The third-order valence-electron chi connectivity index (χ3n) is 20.1. The number of hydrogen-bond acceptors (Lipinski definition) is 15. The van der Waals surface area contributed by atoms with E-state index < -0.39 is 97.5 Å². The molecule has 0 fully saturated rings. The van der Waals surface area contributed by atoms with Gasteiger partial charge in [-0.05, 0) is 31.6 Å². The lowest BCUT2D eigenvalue weighted by atomic mass is 9.99. The summed E-state index contributed by atoms with van der Waals surface area (Å²) >= 11 is 0. The first kappa shape index (κ1) is 101. The number of carbonyl (C=O) groups is 4. The van der Waals surface area contributed by atoms with Gasteiger partial charge in [0.15, 0.2) is 12.2 Å². The molecule has 0 rings (SSSR count). The first-order chi connectivity index (χ1) is 50.1. The van der Waals surface area contributed by atoms with Gasteiger partial charge in [-0.15, -0.1) is 0 Å². The van der Waals surface area contributed by atoms with E-state index in [9.17, 15) is 43.2 Å². The van der Waals surface area contributed by atoms with Crippen LogP contribution >= 0.6 is 15.6 Å². The minimum absolute atomic E-state index is 0.106. The average molecular weight is 1510 g/mol. The molecule has 0 aromatic rings. The first-order valence-corrected chi connectivity index (χ1v) is 46.7. The second-order valence-corrected chi connectivity index (χ2v) is 33.4. The number of ether oxygens (including phenoxy) is 4. The molecule has 0 amide bonds. The molecule has 0 bridgehead atoms. The predicted octanol–water partition coefficient (Wildman–Crippen LogP) is 25.6. The Labute approximate surface area is 632 Å². The van der Waals surface area contributed by atoms with Gasteiger partial charge in [-0.3, -0.25) is 37.3 Å². The fourth-order valence-corrected chi connectivity index (χ4v) is 14.7. The molecule has 0 radical (unpaired) electrons. The van der Waals surface area contributed by atoms with Crippen LogP contribution < -0.4 is 0 Å². The molecule has 0 aliphatic rings. The second kappa shape index (κ2) is 76.8. The van der Waals surface area contributed by atoms with Gasteiger partial charge in [-0.1, -0.05) is 401 Å². The van der Waals surface area contributed by atoms with Crippen LogP contribution in [0.3, 0.4) is 0 Å². The lowest BCUT2D eigenvalue weighted by Crippen LogP contribution is -2.30. The molecular formula is C84H164O17P2. The van der Waals surface area contributed by atoms with Crippen molar-refractivity contribution in [2.75, 3.05) is 39.6 Å². The Kier molecular flexibility index (Phi) is 75.4. The number of hydrogen-bond donors (Lipinski definition) is 3. The van der Waals surface area contributed by atoms with E-state index in [2.05, 4.69) is 34.6 Å². The molecule has 0 aromatic carbocycles. The van der Waals surface area contributed by atoms with Crippen LogP contribution in [0.25, 0.3) is 0 Å². The van der Waals surface area contributed by atoms with Crippen molar-refractivity contribution in [1.29, 1.82) is 0 Å². The molecule has 0 aromatic heterocycles. The van der Waals surface area contributed by atoms with Crippen LogP contribution in [0.1, 0.15) is 452 Å². The van der Waals surface area contributed by atoms with Crippen LogP contribution in [-0.2, 0) is 65.4 Å². The van der Waals surface area contributed by atoms with E-state index >= 15 is 0 Å². The average Bonchev–Trinajstić information content (AvgIpc) is 0.964. The van der Waals surface area contributed by atoms with Crippen LogP contribution in [0.4, 0.5) is 0 Å². The zero-order valence-electron chi connectivity index (χ0n) is 67.5. The number of phosphoric acid groups is 2. The Hall–Kier alpha value is -1.94. The minimum Gasteiger partial charge on any atom is -0.462 e. The second-order valence-electron chi connectivity index (χ2n) is 30.5. The zero-order valence-corrected chi connectivity index (χ0v) is 69.3. The largest absolute Gasteiger partial charge is 0.472 e. The number of unbranched alkanes of at least 4 members (excludes halogenated alkanes) is 55. The lowest BCUT2D eigenvalue weighted by molar-refractivity contribution is -0.161. The summed E-state index contributed by atoms with van der Waals surface area (Å²) in [7, 11) is -9.92. The minimum atomic E-state index is -4.96. The summed E-state index contributed by atoms with van der Waals surface area (Å²) in [5, 5.41) is 10.6. The van der Waals surface area contributed by atoms with Crippen molar-refractivity contribution in [3.63, 3.8) is 0 Å². The molecule has 0 saturated heterocycles. The molecule has 0 aliphatic heterocycles. The van der Waals surface area contributed by atoms with Crippen molar-refractivity contribution in [3.05, 3.63) is 0 Å². The molecule has 0 aliphatic carbocycles. The van der Waals surface area contributed by atoms with Crippen LogP contribution in [0, 0.1) is 5.92 Å². The van der Waals surface area contributed by atoms with E-state index in [0.29, 0.717) is 25.7 Å². The zero-order chi connectivity index (χ0) is 75.5. The normalized spacial score (nSPS) is 14.1. The molecule has 19 heteroatoms. The maximum atomic E-state index is 13.1. The van der Waals surface area contributed by atoms with Gasteiger partial charge in [0.25, 0.3) is 0 Å². The summed E-state index contributed by atoms with van der Waals surface area (Å²) < 4.78 is 68.7. The number of aliphatic hydroxyl groups is 1. The summed E-state index contributed by atoms with van der Waals surface area (Å²) in [5.74, 6) is -1.34. The SMILES string of the molecule is CCCCCCCCCCCCCCCCCCCCCCCCC(=O)O[C@H](COC(=O)CCCCCCCCCCCCCCCCCCCCCC)COP(=O)(O)OC[C@@H](O)COP(=O)(O)OC[C@@H](COC(=O)CCCCCCCCCCC)OC(=O)CCCCCCCCCCC(C)CC. The topological polar surface area (TPSA) is 237 Å². The van der Waals surface area contributed by atoms with Gasteiger partial charge >= 0.3 is 39.5 Å². The summed E-state index contributed by atoms with van der Waals surface area (Å²) in [4.78, 5) is 73.0. The van der Waals surface area contributed by atoms with E-state index in [1.165, 1.54) is 276 Å². The van der Waals surface area contributed by atoms with Crippen LogP contribution in [0.15, 0.2) is 0 Å². The molecule has 3 N–H and O–H groups in total. The quantitative estimate of drug-likeness (QED) is 0.0222. The van der Waals surface area contributed by atoms with Crippen LogP contribution in [0.2, 0.25) is 0 Å². The maximum absolute atomic E-state index is 13.1. The monoisotopic (exact) mass is 1510 g/mol.